The van der Waals surface area contributed by atoms with E-state index in [0.29, 0.717) is 16.9 Å². The van der Waals surface area contributed by atoms with Crippen LogP contribution in [-0.2, 0) is 6.42 Å². The summed E-state index contributed by atoms with van der Waals surface area (Å²) < 4.78 is 13.2. The molecule has 1 aromatic rings. The lowest BCUT2D eigenvalue weighted by Gasteiger charge is -2.27. The number of hydrogen-bond donors (Lipinski definition) is 1. The zero-order valence-electron chi connectivity index (χ0n) is 12.6. The third-order valence-electron chi connectivity index (χ3n) is 3.48. The van der Waals surface area contributed by atoms with Gasteiger partial charge in [-0.15, -0.1) is 0 Å². The molecule has 0 radical (unpaired) electrons. The van der Waals surface area contributed by atoms with Crippen LogP contribution in [0.1, 0.15) is 40.2 Å². The molecule has 2 unspecified atom stereocenters. The van der Waals surface area contributed by atoms with Gasteiger partial charge in [0.05, 0.1) is 0 Å². The second-order valence-electron chi connectivity index (χ2n) is 6.53. The van der Waals surface area contributed by atoms with Crippen molar-refractivity contribution >= 4 is 11.6 Å². The van der Waals surface area contributed by atoms with E-state index < -0.39 is 0 Å². The van der Waals surface area contributed by atoms with Gasteiger partial charge in [0.2, 0.25) is 0 Å². The van der Waals surface area contributed by atoms with Gasteiger partial charge in [-0.3, -0.25) is 0 Å². The van der Waals surface area contributed by atoms with E-state index in [0.717, 1.165) is 18.5 Å². The van der Waals surface area contributed by atoms with E-state index in [-0.39, 0.29) is 11.4 Å². The summed E-state index contributed by atoms with van der Waals surface area (Å²) in [6.45, 7) is 11.8. The molecule has 2 atom stereocenters. The van der Waals surface area contributed by atoms with Crippen LogP contribution in [0.2, 0.25) is 5.02 Å². The minimum absolute atomic E-state index is 0.129. The summed E-state index contributed by atoms with van der Waals surface area (Å²) >= 11 is 6.11. The molecular weight excluding hydrogens is 261 g/mol. The van der Waals surface area contributed by atoms with Crippen molar-refractivity contribution in [2.45, 2.75) is 46.6 Å². The largest absolute Gasteiger partial charge is 0.312 e. The van der Waals surface area contributed by atoms with Gasteiger partial charge in [0.15, 0.2) is 0 Å². The van der Waals surface area contributed by atoms with Crippen LogP contribution >= 0.6 is 11.6 Å². The maximum absolute atomic E-state index is 13.2. The predicted molar refractivity (Wildman–Crippen MR) is 81.2 cm³/mol. The molecule has 0 aliphatic carbocycles. The van der Waals surface area contributed by atoms with Crippen LogP contribution in [0.25, 0.3) is 0 Å². The molecule has 0 aliphatic heterocycles. The maximum atomic E-state index is 13.2. The van der Waals surface area contributed by atoms with Crippen molar-refractivity contribution in [1.82, 2.24) is 5.32 Å². The Hall–Kier alpha value is -0.600. The minimum Gasteiger partial charge on any atom is -0.312 e. The Bertz CT molecular complexity index is 412. The van der Waals surface area contributed by atoms with Crippen LogP contribution in [0.3, 0.4) is 0 Å². The summed E-state index contributed by atoms with van der Waals surface area (Å²) in [5, 5.41) is 4.16. The molecular formula is C16H25ClFN. The van der Waals surface area contributed by atoms with Gasteiger partial charge in [0.25, 0.3) is 0 Å². The lowest BCUT2D eigenvalue weighted by atomic mass is 9.89. The number of benzene rings is 1. The first-order chi connectivity index (χ1) is 8.69. The Labute approximate surface area is 121 Å². The molecule has 3 heteroatoms. The Balaban J connectivity index is 2.58. The SMILES string of the molecule is CC(CNC(C)(C)C)C(C)Cc1cc(F)ccc1Cl. The zero-order chi connectivity index (χ0) is 14.6. The van der Waals surface area contributed by atoms with E-state index in [1.54, 1.807) is 12.1 Å². The Morgan fingerprint density at radius 2 is 1.84 bits per heavy atom. The van der Waals surface area contributed by atoms with Crippen molar-refractivity contribution in [3.63, 3.8) is 0 Å². The molecule has 1 nitrogen and oxygen atoms in total. The number of hydrogen-bond acceptors (Lipinski definition) is 1. The lowest BCUT2D eigenvalue weighted by Crippen LogP contribution is -2.40. The van der Waals surface area contributed by atoms with Gasteiger partial charge in [-0.2, -0.15) is 0 Å². The normalized spacial score (nSPS) is 15.3. The average Bonchev–Trinajstić information content (AvgIpc) is 2.29. The van der Waals surface area contributed by atoms with E-state index in [2.05, 4.69) is 39.9 Å². The fraction of sp³-hybridized carbons (Fsp3) is 0.625. The summed E-state index contributed by atoms with van der Waals surface area (Å²) in [5.74, 6) is 0.750. The molecule has 1 aromatic carbocycles. The Kier molecular flexibility index (Phi) is 5.82. The number of nitrogens with one attached hydrogen (secondary N) is 1. The molecule has 19 heavy (non-hydrogen) atoms. The van der Waals surface area contributed by atoms with Crippen LogP contribution in [0, 0.1) is 17.7 Å². The van der Waals surface area contributed by atoms with Gasteiger partial charge in [0, 0.05) is 10.6 Å². The van der Waals surface area contributed by atoms with Crippen molar-refractivity contribution < 1.29 is 4.39 Å². The molecule has 1 rings (SSSR count). The molecule has 0 aromatic heterocycles. The third kappa shape index (κ3) is 5.92. The van der Waals surface area contributed by atoms with Crippen molar-refractivity contribution in [2.75, 3.05) is 6.54 Å². The molecule has 108 valence electrons. The van der Waals surface area contributed by atoms with Gasteiger partial charge in [-0.1, -0.05) is 25.4 Å². The Morgan fingerprint density at radius 1 is 1.21 bits per heavy atom. The highest BCUT2D eigenvalue weighted by Gasteiger charge is 2.17. The van der Waals surface area contributed by atoms with Crippen LogP contribution in [0.4, 0.5) is 4.39 Å². The summed E-state index contributed by atoms with van der Waals surface area (Å²) in [7, 11) is 0. The van der Waals surface area contributed by atoms with Crippen LogP contribution in [-0.4, -0.2) is 12.1 Å². The van der Waals surface area contributed by atoms with Gasteiger partial charge in [0.1, 0.15) is 5.82 Å². The molecule has 0 spiro atoms. The van der Waals surface area contributed by atoms with Gasteiger partial charge < -0.3 is 5.32 Å². The third-order valence-corrected chi connectivity index (χ3v) is 3.84. The number of halogens is 2. The quantitative estimate of drug-likeness (QED) is 0.828. The van der Waals surface area contributed by atoms with Gasteiger partial charge in [-0.05, 0) is 69.3 Å². The summed E-state index contributed by atoms with van der Waals surface area (Å²) in [6.07, 6.45) is 0.809. The van der Waals surface area contributed by atoms with E-state index >= 15 is 0 Å². The summed E-state index contributed by atoms with van der Waals surface area (Å²) in [4.78, 5) is 0. The van der Waals surface area contributed by atoms with Crippen molar-refractivity contribution in [3.8, 4) is 0 Å². The molecule has 0 saturated heterocycles. The van der Waals surface area contributed by atoms with E-state index in [4.69, 9.17) is 11.6 Å². The first-order valence-corrected chi connectivity index (χ1v) is 7.26. The smallest absolute Gasteiger partial charge is 0.123 e. The van der Waals surface area contributed by atoms with Gasteiger partial charge in [-0.25, -0.2) is 4.39 Å². The first kappa shape index (κ1) is 16.5. The molecule has 0 saturated carbocycles. The highest BCUT2D eigenvalue weighted by atomic mass is 35.5. The van der Waals surface area contributed by atoms with Crippen LogP contribution in [0.15, 0.2) is 18.2 Å². The summed E-state index contributed by atoms with van der Waals surface area (Å²) in [5.41, 5.74) is 1.03. The van der Waals surface area contributed by atoms with Crippen molar-refractivity contribution in [3.05, 3.63) is 34.6 Å². The summed E-state index contributed by atoms with van der Waals surface area (Å²) in [6, 6.07) is 4.58. The standard InChI is InChI=1S/C16H25ClFN/c1-11(12(2)10-19-16(3,4)5)8-13-9-14(18)6-7-15(13)17/h6-7,9,11-12,19H,8,10H2,1-5H3. The van der Waals surface area contributed by atoms with Crippen molar-refractivity contribution in [2.24, 2.45) is 11.8 Å². The van der Waals surface area contributed by atoms with E-state index in [1.807, 2.05) is 0 Å². The predicted octanol–water partition coefficient (Wildman–Crippen LogP) is 4.68. The molecule has 1 N–H and O–H groups in total. The molecule has 0 heterocycles. The first-order valence-electron chi connectivity index (χ1n) is 6.88. The fourth-order valence-electron chi connectivity index (χ4n) is 1.92. The van der Waals surface area contributed by atoms with Gasteiger partial charge >= 0.3 is 0 Å². The Morgan fingerprint density at radius 3 is 2.42 bits per heavy atom. The monoisotopic (exact) mass is 285 g/mol. The second kappa shape index (κ2) is 6.71. The highest BCUT2D eigenvalue weighted by Crippen LogP contribution is 2.23. The molecule has 0 aliphatic rings. The highest BCUT2D eigenvalue weighted by molar-refractivity contribution is 6.31. The maximum Gasteiger partial charge on any atom is 0.123 e. The second-order valence-corrected chi connectivity index (χ2v) is 6.93. The lowest BCUT2D eigenvalue weighted by molar-refractivity contribution is 0.317. The molecule has 0 fully saturated rings. The van der Waals surface area contributed by atoms with E-state index in [9.17, 15) is 4.39 Å². The van der Waals surface area contributed by atoms with E-state index in [1.165, 1.54) is 6.07 Å². The van der Waals surface area contributed by atoms with Crippen molar-refractivity contribution in [1.29, 1.82) is 0 Å². The molecule has 0 bridgehead atoms. The topological polar surface area (TPSA) is 12.0 Å². The number of rotatable bonds is 5. The minimum atomic E-state index is -0.216. The van der Waals surface area contributed by atoms with Crippen LogP contribution < -0.4 is 5.32 Å². The average molecular weight is 286 g/mol. The zero-order valence-corrected chi connectivity index (χ0v) is 13.3. The van der Waals surface area contributed by atoms with Crippen LogP contribution in [0.5, 0.6) is 0 Å². The molecule has 0 amide bonds. The fourth-order valence-corrected chi connectivity index (χ4v) is 2.11.